The molecule has 0 unspecified atom stereocenters. The van der Waals surface area contributed by atoms with E-state index in [0.29, 0.717) is 0 Å². The van der Waals surface area contributed by atoms with Crippen molar-refractivity contribution in [3.8, 4) is 5.75 Å². The Bertz CT molecular complexity index is 1420. The van der Waals surface area contributed by atoms with Gasteiger partial charge in [0.05, 0.1) is 17.7 Å². The average molecular weight is 586 g/mol. The Kier molecular flexibility index (Phi) is 10.6. The summed E-state index contributed by atoms with van der Waals surface area (Å²) < 4.78 is 34.5. The van der Waals surface area contributed by atoms with Gasteiger partial charge in [-0.15, -0.1) is 0 Å². The molecule has 0 heterocycles. The van der Waals surface area contributed by atoms with Crippen LogP contribution in [-0.4, -0.2) is 50.9 Å². The van der Waals surface area contributed by atoms with Crippen molar-refractivity contribution in [2.75, 3.05) is 18.0 Å². The summed E-state index contributed by atoms with van der Waals surface area (Å²) in [4.78, 5) is 28.5. The van der Waals surface area contributed by atoms with E-state index in [1.807, 2.05) is 51.1 Å². The number of carbonyl (C=O) groups excluding carboxylic acids is 2. The number of halogens is 1. The van der Waals surface area contributed by atoms with Gasteiger partial charge in [0.25, 0.3) is 10.0 Å². The Balaban J connectivity index is 2.08. The van der Waals surface area contributed by atoms with E-state index in [-0.39, 0.29) is 39.8 Å². The zero-order valence-electron chi connectivity index (χ0n) is 23.4. The lowest BCUT2D eigenvalue weighted by Gasteiger charge is -2.32. The normalized spacial score (nSPS) is 12.8. The van der Waals surface area contributed by atoms with Crippen LogP contribution in [0.5, 0.6) is 5.75 Å². The maximum absolute atomic E-state index is 14.0. The molecule has 0 aliphatic heterocycles. The minimum absolute atomic E-state index is 0.00472. The van der Waals surface area contributed by atoms with Crippen molar-refractivity contribution in [1.29, 1.82) is 0 Å². The molecule has 0 bridgehead atoms. The SMILES string of the molecule is CC[C@H](C)NC(=O)[C@H](C)N(Cc1ccccc1)C(=O)CN(c1cc(Cl)ccc1OC)S(=O)(=O)c1ccc(C)cc1. The lowest BCUT2D eigenvalue weighted by Crippen LogP contribution is -2.52. The minimum atomic E-state index is -4.24. The third kappa shape index (κ3) is 7.55. The molecular formula is C30H36ClN3O5S. The maximum atomic E-state index is 14.0. The van der Waals surface area contributed by atoms with Crippen molar-refractivity contribution >= 4 is 39.1 Å². The molecule has 3 rings (SSSR count). The number of amides is 2. The Hall–Kier alpha value is -3.56. The number of methoxy groups -OCH3 is 1. The first-order chi connectivity index (χ1) is 19.0. The van der Waals surface area contributed by atoms with Crippen LogP contribution in [0.4, 0.5) is 5.69 Å². The monoisotopic (exact) mass is 585 g/mol. The Morgan fingerprint density at radius 3 is 2.25 bits per heavy atom. The molecule has 0 saturated carbocycles. The molecule has 214 valence electrons. The van der Waals surface area contributed by atoms with E-state index < -0.39 is 28.5 Å². The Labute approximate surface area is 241 Å². The second-order valence-electron chi connectivity index (χ2n) is 9.64. The van der Waals surface area contributed by atoms with Gasteiger partial charge in [0.15, 0.2) is 0 Å². The molecule has 2 atom stereocenters. The number of benzene rings is 3. The number of hydrogen-bond donors (Lipinski definition) is 1. The van der Waals surface area contributed by atoms with Crippen molar-refractivity contribution in [3.05, 3.63) is 88.9 Å². The molecule has 0 saturated heterocycles. The standard InChI is InChI=1S/C30H36ClN3O5S/c1-6-22(3)32-30(36)23(4)33(19-24-10-8-7-9-11-24)29(35)20-34(27-18-25(31)14-17-28(27)39-5)40(37,38)26-15-12-21(2)13-16-26/h7-18,22-23H,6,19-20H2,1-5H3,(H,32,36)/t22-,23-/m0/s1. The maximum Gasteiger partial charge on any atom is 0.264 e. The number of rotatable bonds is 12. The highest BCUT2D eigenvalue weighted by molar-refractivity contribution is 7.92. The van der Waals surface area contributed by atoms with Gasteiger partial charge < -0.3 is 15.0 Å². The van der Waals surface area contributed by atoms with Crippen molar-refractivity contribution in [1.82, 2.24) is 10.2 Å². The molecule has 40 heavy (non-hydrogen) atoms. The third-order valence-corrected chi connectivity index (χ3v) is 8.67. The highest BCUT2D eigenvalue weighted by Crippen LogP contribution is 2.35. The largest absolute Gasteiger partial charge is 0.495 e. The molecule has 0 radical (unpaired) electrons. The second-order valence-corrected chi connectivity index (χ2v) is 11.9. The van der Waals surface area contributed by atoms with Gasteiger partial charge in [0.1, 0.15) is 18.3 Å². The van der Waals surface area contributed by atoms with E-state index in [1.165, 1.54) is 30.2 Å². The number of hydrogen-bond acceptors (Lipinski definition) is 5. The summed E-state index contributed by atoms with van der Waals surface area (Å²) in [6.07, 6.45) is 0.724. The van der Waals surface area contributed by atoms with Gasteiger partial charge in [-0.25, -0.2) is 8.42 Å². The van der Waals surface area contributed by atoms with Gasteiger partial charge in [0.2, 0.25) is 11.8 Å². The topological polar surface area (TPSA) is 96.0 Å². The molecule has 0 spiro atoms. The summed E-state index contributed by atoms with van der Waals surface area (Å²) in [6, 6.07) is 19.2. The van der Waals surface area contributed by atoms with Crippen LogP contribution in [0.1, 0.15) is 38.3 Å². The summed E-state index contributed by atoms with van der Waals surface area (Å²) in [7, 11) is -2.83. The first kappa shape index (κ1) is 31.0. The smallest absolute Gasteiger partial charge is 0.264 e. The molecule has 0 aliphatic rings. The van der Waals surface area contributed by atoms with Crippen molar-refractivity contribution in [2.45, 2.75) is 57.6 Å². The van der Waals surface area contributed by atoms with Crippen molar-refractivity contribution < 1.29 is 22.7 Å². The van der Waals surface area contributed by atoms with Crippen molar-refractivity contribution in [2.24, 2.45) is 0 Å². The number of ether oxygens (including phenoxy) is 1. The molecule has 0 aromatic heterocycles. The van der Waals surface area contributed by atoms with Gasteiger partial charge in [-0.2, -0.15) is 0 Å². The molecule has 3 aromatic rings. The van der Waals surface area contributed by atoms with Gasteiger partial charge in [-0.05, 0) is 63.1 Å². The van der Waals surface area contributed by atoms with E-state index in [9.17, 15) is 18.0 Å². The number of anilines is 1. The highest BCUT2D eigenvalue weighted by atomic mass is 35.5. The van der Waals surface area contributed by atoms with Crippen LogP contribution in [0.15, 0.2) is 77.7 Å². The minimum Gasteiger partial charge on any atom is -0.495 e. The molecular weight excluding hydrogens is 550 g/mol. The molecule has 3 aromatic carbocycles. The third-order valence-electron chi connectivity index (χ3n) is 6.66. The Morgan fingerprint density at radius 1 is 1.00 bits per heavy atom. The van der Waals surface area contributed by atoms with Crippen LogP contribution in [0.3, 0.4) is 0 Å². The molecule has 1 N–H and O–H groups in total. The molecule has 0 fully saturated rings. The molecule has 8 nitrogen and oxygen atoms in total. The summed E-state index contributed by atoms with van der Waals surface area (Å²) >= 11 is 6.27. The van der Waals surface area contributed by atoms with E-state index in [4.69, 9.17) is 16.3 Å². The Morgan fingerprint density at radius 2 is 1.65 bits per heavy atom. The van der Waals surface area contributed by atoms with Crippen LogP contribution in [-0.2, 0) is 26.2 Å². The fourth-order valence-corrected chi connectivity index (χ4v) is 5.62. The quantitative estimate of drug-likeness (QED) is 0.316. The van der Waals surface area contributed by atoms with E-state index >= 15 is 0 Å². The van der Waals surface area contributed by atoms with Gasteiger partial charge in [-0.3, -0.25) is 13.9 Å². The fourth-order valence-electron chi connectivity index (χ4n) is 4.04. The highest BCUT2D eigenvalue weighted by Gasteiger charge is 2.34. The number of nitrogens with one attached hydrogen (secondary N) is 1. The average Bonchev–Trinajstić information content (AvgIpc) is 2.94. The van der Waals surface area contributed by atoms with Gasteiger partial charge in [-0.1, -0.05) is 66.6 Å². The zero-order chi connectivity index (χ0) is 29.4. The summed E-state index contributed by atoms with van der Waals surface area (Å²) in [6.45, 7) is 6.85. The molecule has 0 aliphatic carbocycles. The summed E-state index contributed by atoms with van der Waals surface area (Å²) in [5.41, 5.74) is 1.80. The van der Waals surface area contributed by atoms with E-state index in [2.05, 4.69) is 5.32 Å². The van der Waals surface area contributed by atoms with Gasteiger partial charge >= 0.3 is 0 Å². The van der Waals surface area contributed by atoms with E-state index in [1.54, 1.807) is 31.2 Å². The van der Waals surface area contributed by atoms with Crippen LogP contribution in [0.25, 0.3) is 0 Å². The predicted octanol–water partition coefficient (Wildman–Crippen LogP) is 5.18. The molecule has 2 amide bonds. The van der Waals surface area contributed by atoms with Crippen LogP contribution in [0, 0.1) is 6.92 Å². The zero-order valence-corrected chi connectivity index (χ0v) is 25.0. The first-order valence-corrected chi connectivity index (χ1v) is 14.9. The fraction of sp³-hybridized carbons (Fsp3) is 0.333. The van der Waals surface area contributed by atoms with Gasteiger partial charge in [0, 0.05) is 17.6 Å². The van der Waals surface area contributed by atoms with Crippen LogP contribution >= 0.6 is 11.6 Å². The summed E-state index contributed by atoms with van der Waals surface area (Å²) in [5, 5.41) is 3.19. The summed E-state index contributed by atoms with van der Waals surface area (Å²) in [5.74, 6) is -0.662. The lowest BCUT2D eigenvalue weighted by atomic mass is 10.1. The van der Waals surface area contributed by atoms with E-state index in [0.717, 1.165) is 21.9 Å². The number of nitrogens with zero attached hydrogens (tertiary/aromatic N) is 2. The van der Waals surface area contributed by atoms with Crippen LogP contribution < -0.4 is 14.4 Å². The second kappa shape index (κ2) is 13.7. The predicted molar refractivity (Wildman–Crippen MR) is 158 cm³/mol. The lowest BCUT2D eigenvalue weighted by molar-refractivity contribution is -0.139. The van der Waals surface area contributed by atoms with Crippen LogP contribution in [0.2, 0.25) is 5.02 Å². The number of carbonyl (C=O) groups is 2. The first-order valence-electron chi connectivity index (χ1n) is 13.0. The van der Waals surface area contributed by atoms with Crippen molar-refractivity contribution in [3.63, 3.8) is 0 Å². The number of aryl methyl sites for hydroxylation is 1. The molecule has 10 heteroatoms. The number of sulfonamides is 1.